The third kappa shape index (κ3) is 3.00. The van der Waals surface area contributed by atoms with Gasteiger partial charge in [0, 0.05) is 18.7 Å². The van der Waals surface area contributed by atoms with Gasteiger partial charge in [-0.15, -0.1) is 0 Å². The van der Waals surface area contributed by atoms with Gasteiger partial charge < -0.3 is 0 Å². The minimum Gasteiger partial charge on any atom is -0.281 e. The second-order valence-corrected chi connectivity index (χ2v) is 5.84. The van der Waals surface area contributed by atoms with Crippen molar-refractivity contribution in [2.75, 3.05) is 0 Å². The average molecular weight is 296 g/mol. The fraction of sp³-hybridized carbons (Fsp3) is 0.182. The number of H-pyrrole nitrogens is 1. The summed E-state index contributed by atoms with van der Waals surface area (Å²) in [7, 11) is -3.65. The molecule has 20 heavy (non-hydrogen) atoms. The number of nitrogens with one attached hydrogen (secondary N) is 2. The summed E-state index contributed by atoms with van der Waals surface area (Å²) in [6, 6.07) is 5.66. The van der Waals surface area contributed by atoms with Crippen LogP contribution in [0.1, 0.15) is 11.3 Å². The van der Waals surface area contributed by atoms with Crippen LogP contribution < -0.4 is 4.72 Å². The third-order valence-corrected chi connectivity index (χ3v) is 4.20. The number of nitro groups is 1. The van der Waals surface area contributed by atoms with Gasteiger partial charge in [-0.05, 0) is 12.5 Å². The van der Waals surface area contributed by atoms with Crippen LogP contribution in [-0.4, -0.2) is 23.5 Å². The van der Waals surface area contributed by atoms with E-state index in [1.165, 1.54) is 30.5 Å². The molecule has 0 aliphatic carbocycles. The van der Waals surface area contributed by atoms with Crippen LogP contribution in [0.3, 0.4) is 0 Å². The molecule has 1 aromatic carbocycles. The summed E-state index contributed by atoms with van der Waals surface area (Å²) in [5, 5.41) is 16.7. The molecule has 0 aliphatic heterocycles. The summed E-state index contributed by atoms with van der Waals surface area (Å²) >= 11 is 0. The van der Waals surface area contributed by atoms with Gasteiger partial charge in [-0.1, -0.05) is 12.1 Å². The predicted octanol–water partition coefficient (Wildman–Crippen LogP) is 1.10. The maximum Gasteiger partial charge on any atom is 0.269 e. The van der Waals surface area contributed by atoms with Crippen LogP contribution in [0.4, 0.5) is 5.69 Å². The molecule has 106 valence electrons. The lowest BCUT2D eigenvalue weighted by Crippen LogP contribution is -2.23. The fourth-order valence-corrected chi connectivity index (χ4v) is 2.75. The van der Waals surface area contributed by atoms with Crippen molar-refractivity contribution in [3.63, 3.8) is 0 Å². The topological polar surface area (TPSA) is 118 Å². The SMILES string of the molecule is Cc1[nH]ncc1S(=O)(=O)NCc1ccc([N+](=O)[O-])cc1. The molecule has 9 heteroatoms. The van der Waals surface area contributed by atoms with Crippen LogP contribution in [0.5, 0.6) is 0 Å². The molecule has 0 spiro atoms. The Kier molecular flexibility index (Phi) is 3.81. The maximum atomic E-state index is 12.0. The van der Waals surface area contributed by atoms with E-state index in [2.05, 4.69) is 14.9 Å². The molecule has 0 radical (unpaired) electrons. The Morgan fingerprint density at radius 1 is 1.35 bits per heavy atom. The first kappa shape index (κ1) is 14.2. The number of aromatic amines is 1. The van der Waals surface area contributed by atoms with E-state index < -0.39 is 14.9 Å². The van der Waals surface area contributed by atoms with E-state index in [0.717, 1.165) is 0 Å². The normalized spacial score (nSPS) is 11.4. The number of aryl methyl sites for hydroxylation is 1. The Labute approximate surface area is 115 Å². The van der Waals surface area contributed by atoms with Gasteiger partial charge in [0.25, 0.3) is 5.69 Å². The summed E-state index contributed by atoms with van der Waals surface area (Å²) in [5.41, 5.74) is 1.03. The van der Waals surface area contributed by atoms with Gasteiger partial charge in [0.05, 0.1) is 16.8 Å². The molecule has 0 amide bonds. The summed E-state index contributed by atoms with van der Waals surface area (Å²) in [6.45, 7) is 1.65. The number of hydrogen-bond acceptors (Lipinski definition) is 5. The molecule has 0 unspecified atom stereocenters. The Hall–Kier alpha value is -2.26. The Bertz CT molecular complexity index is 721. The highest BCUT2D eigenvalue weighted by Crippen LogP contribution is 2.14. The van der Waals surface area contributed by atoms with Gasteiger partial charge in [0.1, 0.15) is 4.90 Å². The second kappa shape index (κ2) is 5.39. The van der Waals surface area contributed by atoms with Crippen molar-refractivity contribution in [1.29, 1.82) is 0 Å². The van der Waals surface area contributed by atoms with E-state index in [-0.39, 0.29) is 17.1 Å². The van der Waals surface area contributed by atoms with E-state index >= 15 is 0 Å². The van der Waals surface area contributed by atoms with Crippen molar-refractivity contribution in [2.24, 2.45) is 0 Å². The monoisotopic (exact) mass is 296 g/mol. The smallest absolute Gasteiger partial charge is 0.269 e. The minimum absolute atomic E-state index is 0.0395. The van der Waals surface area contributed by atoms with Gasteiger partial charge in [0.2, 0.25) is 10.0 Å². The lowest BCUT2D eigenvalue weighted by molar-refractivity contribution is -0.384. The Morgan fingerprint density at radius 3 is 2.50 bits per heavy atom. The standard InChI is InChI=1S/C11H12N4O4S/c1-8-11(7-12-14-8)20(18,19)13-6-9-2-4-10(5-3-9)15(16)17/h2-5,7,13H,6H2,1H3,(H,12,14). The molecule has 1 aromatic heterocycles. The highest BCUT2D eigenvalue weighted by Gasteiger charge is 2.18. The second-order valence-electron chi connectivity index (χ2n) is 4.11. The van der Waals surface area contributed by atoms with E-state index in [1.54, 1.807) is 6.92 Å². The predicted molar refractivity (Wildman–Crippen MR) is 70.4 cm³/mol. The quantitative estimate of drug-likeness (QED) is 0.632. The molecule has 1 heterocycles. The van der Waals surface area contributed by atoms with Crippen molar-refractivity contribution in [1.82, 2.24) is 14.9 Å². The van der Waals surface area contributed by atoms with Crippen LogP contribution in [0, 0.1) is 17.0 Å². The van der Waals surface area contributed by atoms with Gasteiger partial charge >= 0.3 is 0 Å². The number of sulfonamides is 1. The molecular formula is C11H12N4O4S. The lowest BCUT2D eigenvalue weighted by atomic mass is 10.2. The van der Waals surface area contributed by atoms with Crippen LogP contribution in [-0.2, 0) is 16.6 Å². The average Bonchev–Trinajstić information content (AvgIpc) is 2.84. The third-order valence-electron chi connectivity index (χ3n) is 2.69. The molecular weight excluding hydrogens is 284 g/mol. The lowest BCUT2D eigenvalue weighted by Gasteiger charge is -2.05. The summed E-state index contributed by atoms with van der Waals surface area (Å²) in [6.07, 6.45) is 1.23. The zero-order valence-corrected chi connectivity index (χ0v) is 11.3. The Morgan fingerprint density at radius 2 is 2.00 bits per heavy atom. The molecule has 0 bridgehead atoms. The van der Waals surface area contributed by atoms with E-state index in [4.69, 9.17) is 0 Å². The van der Waals surface area contributed by atoms with Gasteiger partial charge in [0.15, 0.2) is 0 Å². The summed E-state index contributed by atoms with van der Waals surface area (Å²) in [4.78, 5) is 10.1. The molecule has 0 saturated heterocycles. The van der Waals surface area contributed by atoms with Crippen LogP contribution in [0.25, 0.3) is 0 Å². The first-order valence-corrected chi connectivity index (χ1v) is 7.11. The van der Waals surface area contributed by atoms with E-state index in [9.17, 15) is 18.5 Å². The summed E-state index contributed by atoms with van der Waals surface area (Å²) in [5.74, 6) is 0. The highest BCUT2D eigenvalue weighted by molar-refractivity contribution is 7.89. The first-order valence-electron chi connectivity index (χ1n) is 5.63. The van der Waals surface area contributed by atoms with E-state index in [1.807, 2.05) is 0 Å². The molecule has 0 aliphatic rings. The van der Waals surface area contributed by atoms with Crippen molar-refractivity contribution < 1.29 is 13.3 Å². The highest BCUT2D eigenvalue weighted by atomic mass is 32.2. The molecule has 0 atom stereocenters. The number of non-ortho nitro benzene ring substituents is 1. The van der Waals surface area contributed by atoms with Gasteiger partial charge in [-0.25, -0.2) is 13.1 Å². The zero-order valence-electron chi connectivity index (χ0n) is 10.5. The number of aromatic nitrogens is 2. The number of benzene rings is 1. The molecule has 8 nitrogen and oxygen atoms in total. The van der Waals surface area contributed by atoms with Crippen molar-refractivity contribution in [3.8, 4) is 0 Å². The zero-order chi connectivity index (χ0) is 14.8. The largest absolute Gasteiger partial charge is 0.281 e. The number of nitro benzene ring substituents is 1. The van der Waals surface area contributed by atoms with Gasteiger partial charge in [-0.2, -0.15) is 5.10 Å². The fourth-order valence-electron chi connectivity index (χ4n) is 1.60. The van der Waals surface area contributed by atoms with Crippen molar-refractivity contribution in [3.05, 3.63) is 51.8 Å². The molecule has 0 fully saturated rings. The molecule has 2 N–H and O–H groups in total. The van der Waals surface area contributed by atoms with Crippen molar-refractivity contribution in [2.45, 2.75) is 18.4 Å². The van der Waals surface area contributed by atoms with Crippen LogP contribution in [0.2, 0.25) is 0 Å². The molecule has 2 aromatic rings. The van der Waals surface area contributed by atoms with E-state index in [0.29, 0.717) is 11.3 Å². The van der Waals surface area contributed by atoms with Crippen LogP contribution >= 0.6 is 0 Å². The van der Waals surface area contributed by atoms with Gasteiger partial charge in [-0.3, -0.25) is 15.2 Å². The van der Waals surface area contributed by atoms with Crippen molar-refractivity contribution >= 4 is 15.7 Å². The number of hydrogen-bond donors (Lipinski definition) is 2. The number of rotatable bonds is 5. The molecule has 2 rings (SSSR count). The van der Waals surface area contributed by atoms with Crippen LogP contribution in [0.15, 0.2) is 35.4 Å². The first-order chi connectivity index (χ1) is 9.40. The minimum atomic E-state index is -3.65. The maximum absolute atomic E-state index is 12.0. The number of nitrogens with zero attached hydrogens (tertiary/aromatic N) is 2. The Balaban J connectivity index is 2.09. The molecule has 0 saturated carbocycles. The summed E-state index contributed by atoms with van der Waals surface area (Å²) < 4.78 is 26.4.